The lowest BCUT2D eigenvalue weighted by Crippen LogP contribution is -2.55. The number of oxazole rings is 1. The number of urea groups is 1. The Morgan fingerprint density at radius 3 is 2.84 bits per heavy atom. The van der Waals surface area contributed by atoms with Crippen molar-refractivity contribution >= 4 is 28.8 Å². The van der Waals surface area contributed by atoms with Crippen molar-refractivity contribution in [3.63, 3.8) is 0 Å². The van der Waals surface area contributed by atoms with Gasteiger partial charge in [0.15, 0.2) is 11.5 Å². The van der Waals surface area contributed by atoms with Crippen molar-refractivity contribution in [1.29, 1.82) is 0 Å². The Kier molecular flexibility index (Phi) is 4.89. The number of aryl methyl sites for hydroxylation is 1. The van der Waals surface area contributed by atoms with E-state index < -0.39 is 5.97 Å². The highest BCUT2D eigenvalue weighted by atomic mass is 16.4. The summed E-state index contributed by atoms with van der Waals surface area (Å²) in [6, 6.07) is 5.30. The number of aromatic nitrogens is 1. The number of amides is 2. The summed E-state index contributed by atoms with van der Waals surface area (Å²) in [7, 11) is 0. The molecule has 8 heteroatoms. The van der Waals surface area contributed by atoms with Crippen LogP contribution in [0.5, 0.6) is 0 Å². The van der Waals surface area contributed by atoms with Crippen molar-refractivity contribution in [3.8, 4) is 0 Å². The van der Waals surface area contributed by atoms with Gasteiger partial charge >= 0.3 is 12.0 Å². The first-order valence-corrected chi connectivity index (χ1v) is 8.35. The standard InChI is InChI=1S/C17H22N4O4/c1-3-21(9-16(22)23)13-6-12(7-13)20-17(24)19-11-4-5-14-15(8-11)25-10(2)18-14/h4-5,8,12-13H,3,6-7,9H2,1-2H3,(H,22,23)(H2,19,20,24). The Hall–Kier alpha value is -2.61. The molecule has 8 nitrogen and oxygen atoms in total. The van der Waals surface area contributed by atoms with Crippen LogP contribution in [0, 0.1) is 6.92 Å². The highest BCUT2D eigenvalue weighted by Crippen LogP contribution is 2.26. The molecule has 0 bridgehead atoms. The van der Waals surface area contributed by atoms with Crippen LogP contribution in [-0.4, -0.2) is 52.2 Å². The number of carboxylic acid groups (broad SMARTS) is 1. The summed E-state index contributed by atoms with van der Waals surface area (Å²) in [6.07, 6.45) is 1.52. The number of benzene rings is 1. The third-order valence-corrected chi connectivity index (χ3v) is 4.46. The number of carbonyl (C=O) groups is 2. The van der Waals surface area contributed by atoms with Crippen LogP contribution in [0.2, 0.25) is 0 Å². The topological polar surface area (TPSA) is 108 Å². The summed E-state index contributed by atoms with van der Waals surface area (Å²) in [5.74, 6) is -0.243. The van der Waals surface area contributed by atoms with E-state index >= 15 is 0 Å². The Morgan fingerprint density at radius 1 is 1.40 bits per heavy atom. The fraction of sp³-hybridized carbons (Fsp3) is 0.471. The van der Waals surface area contributed by atoms with Gasteiger partial charge in [-0.15, -0.1) is 0 Å². The molecule has 0 saturated heterocycles. The van der Waals surface area contributed by atoms with Gasteiger partial charge in [-0.25, -0.2) is 9.78 Å². The monoisotopic (exact) mass is 346 g/mol. The van der Waals surface area contributed by atoms with Crippen LogP contribution >= 0.6 is 0 Å². The summed E-state index contributed by atoms with van der Waals surface area (Å²) in [6.45, 7) is 4.44. The van der Waals surface area contributed by atoms with Gasteiger partial charge in [0.05, 0.1) is 6.54 Å². The van der Waals surface area contributed by atoms with Crippen molar-refractivity contribution in [1.82, 2.24) is 15.2 Å². The van der Waals surface area contributed by atoms with Gasteiger partial charge in [0.1, 0.15) is 5.52 Å². The van der Waals surface area contributed by atoms with Crippen molar-refractivity contribution in [2.45, 2.75) is 38.8 Å². The minimum atomic E-state index is -0.825. The summed E-state index contributed by atoms with van der Waals surface area (Å²) in [5.41, 5.74) is 2.02. The van der Waals surface area contributed by atoms with Crippen LogP contribution in [0.4, 0.5) is 10.5 Å². The van der Waals surface area contributed by atoms with E-state index in [1.807, 2.05) is 11.8 Å². The number of aliphatic carboxylic acids is 1. The third-order valence-electron chi connectivity index (χ3n) is 4.46. The minimum Gasteiger partial charge on any atom is -0.480 e. The molecule has 1 fully saturated rings. The van der Waals surface area contributed by atoms with Gasteiger partial charge in [0.25, 0.3) is 0 Å². The summed E-state index contributed by atoms with van der Waals surface area (Å²) >= 11 is 0. The molecule has 1 saturated carbocycles. The smallest absolute Gasteiger partial charge is 0.319 e. The molecule has 3 N–H and O–H groups in total. The predicted molar refractivity (Wildman–Crippen MR) is 92.6 cm³/mol. The van der Waals surface area contributed by atoms with Crippen LogP contribution in [0.25, 0.3) is 11.1 Å². The van der Waals surface area contributed by atoms with Gasteiger partial charge in [-0.05, 0) is 31.5 Å². The molecule has 0 aliphatic heterocycles. The van der Waals surface area contributed by atoms with E-state index in [2.05, 4.69) is 15.6 Å². The number of hydrogen-bond donors (Lipinski definition) is 3. The molecule has 0 radical (unpaired) electrons. The van der Waals surface area contributed by atoms with E-state index in [0.717, 1.165) is 18.4 Å². The second-order valence-electron chi connectivity index (χ2n) is 6.29. The number of carbonyl (C=O) groups excluding carboxylic acids is 1. The molecule has 2 amide bonds. The van der Waals surface area contributed by atoms with Crippen LogP contribution < -0.4 is 10.6 Å². The quantitative estimate of drug-likeness (QED) is 0.740. The normalized spacial score (nSPS) is 19.6. The van der Waals surface area contributed by atoms with Gasteiger partial charge < -0.3 is 20.2 Å². The van der Waals surface area contributed by atoms with Gasteiger partial charge in [-0.1, -0.05) is 6.92 Å². The number of likely N-dealkylation sites (N-methyl/N-ethyl adjacent to an activating group) is 1. The van der Waals surface area contributed by atoms with Gasteiger partial charge in [0, 0.05) is 30.8 Å². The number of nitrogens with one attached hydrogen (secondary N) is 2. The lowest BCUT2D eigenvalue weighted by Gasteiger charge is -2.42. The number of carboxylic acids is 1. The molecule has 1 aliphatic rings. The molecular formula is C17H22N4O4. The fourth-order valence-corrected chi connectivity index (χ4v) is 3.15. The maximum Gasteiger partial charge on any atom is 0.319 e. The maximum atomic E-state index is 12.1. The Balaban J connectivity index is 1.49. The molecule has 0 unspecified atom stereocenters. The predicted octanol–water partition coefficient (Wildman–Crippen LogP) is 2.20. The number of fused-ring (bicyclic) bond motifs is 1. The van der Waals surface area contributed by atoms with Crippen molar-refractivity contribution in [2.75, 3.05) is 18.4 Å². The lowest BCUT2D eigenvalue weighted by atomic mass is 9.85. The Labute approximate surface area is 145 Å². The van der Waals surface area contributed by atoms with Crippen molar-refractivity contribution in [3.05, 3.63) is 24.1 Å². The molecule has 1 heterocycles. The van der Waals surface area contributed by atoms with Crippen LogP contribution in [0.15, 0.2) is 22.6 Å². The van der Waals surface area contributed by atoms with Crippen molar-refractivity contribution < 1.29 is 19.1 Å². The Morgan fingerprint density at radius 2 is 2.16 bits per heavy atom. The molecule has 134 valence electrons. The average Bonchev–Trinajstić information content (AvgIpc) is 2.87. The Bertz CT molecular complexity index is 782. The average molecular weight is 346 g/mol. The van der Waals surface area contributed by atoms with E-state index in [1.165, 1.54) is 0 Å². The highest BCUT2D eigenvalue weighted by molar-refractivity contribution is 5.91. The largest absolute Gasteiger partial charge is 0.480 e. The van der Waals surface area contributed by atoms with E-state index in [9.17, 15) is 9.59 Å². The first kappa shape index (κ1) is 17.2. The van der Waals surface area contributed by atoms with Gasteiger partial charge in [-0.3, -0.25) is 9.69 Å². The lowest BCUT2D eigenvalue weighted by molar-refractivity contribution is -0.139. The van der Waals surface area contributed by atoms with Gasteiger partial charge in [-0.2, -0.15) is 0 Å². The van der Waals surface area contributed by atoms with Crippen LogP contribution in [0.3, 0.4) is 0 Å². The zero-order valence-corrected chi connectivity index (χ0v) is 14.3. The molecule has 0 atom stereocenters. The number of anilines is 1. The van der Waals surface area contributed by atoms with E-state index in [0.29, 0.717) is 23.7 Å². The first-order valence-electron chi connectivity index (χ1n) is 8.35. The molecule has 1 aromatic carbocycles. The third kappa shape index (κ3) is 4.08. The van der Waals surface area contributed by atoms with E-state index in [4.69, 9.17) is 9.52 Å². The fourth-order valence-electron chi connectivity index (χ4n) is 3.15. The number of hydrogen-bond acceptors (Lipinski definition) is 5. The van der Waals surface area contributed by atoms with Gasteiger partial charge in [0.2, 0.25) is 0 Å². The van der Waals surface area contributed by atoms with Crippen LogP contribution in [-0.2, 0) is 4.79 Å². The highest BCUT2D eigenvalue weighted by Gasteiger charge is 2.34. The minimum absolute atomic E-state index is 0.0384. The summed E-state index contributed by atoms with van der Waals surface area (Å²) < 4.78 is 5.45. The van der Waals surface area contributed by atoms with E-state index in [1.54, 1.807) is 25.1 Å². The second-order valence-corrected chi connectivity index (χ2v) is 6.29. The van der Waals surface area contributed by atoms with E-state index in [-0.39, 0.29) is 24.7 Å². The molecule has 2 aromatic rings. The molecular weight excluding hydrogens is 324 g/mol. The first-order chi connectivity index (χ1) is 11.9. The molecule has 1 aromatic heterocycles. The summed E-state index contributed by atoms with van der Waals surface area (Å²) in [4.78, 5) is 29.1. The SMILES string of the molecule is CCN(CC(=O)O)C1CC(NC(=O)Nc2ccc3nc(C)oc3c2)C1. The molecule has 3 rings (SSSR count). The number of nitrogens with zero attached hydrogens (tertiary/aromatic N) is 2. The van der Waals surface area contributed by atoms with Crippen LogP contribution in [0.1, 0.15) is 25.7 Å². The molecule has 25 heavy (non-hydrogen) atoms. The van der Waals surface area contributed by atoms with Crippen molar-refractivity contribution in [2.24, 2.45) is 0 Å². The molecule has 1 aliphatic carbocycles. The maximum absolute atomic E-state index is 12.1. The zero-order valence-electron chi connectivity index (χ0n) is 14.3. The number of rotatable bonds is 6. The second kappa shape index (κ2) is 7.10. The summed E-state index contributed by atoms with van der Waals surface area (Å²) in [5, 5.41) is 14.6. The zero-order chi connectivity index (χ0) is 18.0. The molecule has 0 spiro atoms.